The topological polar surface area (TPSA) is 32.3 Å². The predicted molar refractivity (Wildman–Crippen MR) is 83.6 cm³/mol. The van der Waals surface area contributed by atoms with Crippen molar-refractivity contribution in [2.24, 2.45) is 17.8 Å². The summed E-state index contributed by atoms with van der Waals surface area (Å²) in [5.41, 5.74) is 0. The molecule has 0 aromatic carbocycles. The zero-order chi connectivity index (χ0) is 14.5. The van der Waals surface area contributed by atoms with Gasteiger partial charge in [-0.1, -0.05) is 26.7 Å². The Balaban J connectivity index is 1.83. The molecule has 2 aliphatic rings. The van der Waals surface area contributed by atoms with Crippen LogP contribution < -0.4 is 5.32 Å². The highest BCUT2D eigenvalue weighted by molar-refractivity contribution is 5.76. The van der Waals surface area contributed by atoms with Crippen molar-refractivity contribution in [2.45, 2.75) is 64.8 Å². The summed E-state index contributed by atoms with van der Waals surface area (Å²) in [6.45, 7) is 6.81. The Labute approximate surface area is 124 Å². The second-order valence-electron chi connectivity index (χ2n) is 7.12. The summed E-state index contributed by atoms with van der Waals surface area (Å²) in [6, 6.07) is 0.480. The Hall–Kier alpha value is -0.570. The number of nitrogens with zero attached hydrogens (tertiary/aromatic N) is 1. The van der Waals surface area contributed by atoms with Gasteiger partial charge in [-0.25, -0.2) is 0 Å². The molecule has 2 rings (SSSR count). The smallest absolute Gasteiger partial charge is 0.222 e. The fraction of sp³-hybridized carbons (Fsp3) is 0.941. The lowest BCUT2D eigenvalue weighted by Crippen LogP contribution is -2.44. The van der Waals surface area contributed by atoms with E-state index in [-0.39, 0.29) is 0 Å². The number of rotatable bonds is 4. The summed E-state index contributed by atoms with van der Waals surface area (Å²) < 4.78 is 0. The van der Waals surface area contributed by atoms with Crippen molar-refractivity contribution in [3.05, 3.63) is 0 Å². The van der Waals surface area contributed by atoms with Crippen molar-refractivity contribution in [3.8, 4) is 0 Å². The molecule has 1 saturated heterocycles. The van der Waals surface area contributed by atoms with Gasteiger partial charge >= 0.3 is 0 Å². The summed E-state index contributed by atoms with van der Waals surface area (Å²) in [6.07, 6.45) is 8.38. The first kappa shape index (κ1) is 15.8. The van der Waals surface area contributed by atoms with Crippen molar-refractivity contribution >= 4 is 5.91 Å². The van der Waals surface area contributed by atoms with E-state index in [1.807, 2.05) is 7.05 Å². The van der Waals surface area contributed by atoms with Crippen LogP contribution in [-0.4, -0.2) is 37.0 Å². The van der Waals surface area contributed by atoms with E-state index in [9.17, 15) is 4.79 Å². The van der Waals surface area contributed by atoms with Gasteiger partial charge in [0.1, 0.15) is 0 Å². The molecule has 0 bridgehead atoms. The second kappa shape index (κ2) is 7.44. The monoisotopic (exact) mass is 280 g/mol. The molecule has 3 nitrogen and oxygen atoms in total. The number of hydrogen-bond acceptors (Lipinski definition) is 2. The molecule has 4 atom stereocenters. The number of carbonyl (C=O) groups excluding carboxylic acids is 1. The van der Waals surface area contributed by atoms with Gasteiger partial charge in [0, 0.05) is 19.5 Å². The zero-order valence-corrected chi connectivity index (χ0v) is 13.5. The average Bonchev–Trinajstić information content (AvgIpc) is 2.48. The molecule has 1 heterocycles. The fourth-order valence-electron chi connectivity index (χ4n) is 4.01. The van der Waals surface area contributed by atoms with E-state index in [1.54, 1.807) is 0 Å². The van der Waals surface area contributed by atoms with Crippen molar-refractivity contribution in [1.82, 2.24) is 10.2 Å². The van der Waals surface area contributed by atoms with Crippen LogP contribution in [0.4, 0.5) is 0 Å². The molecule has 0 spiro atoms. The first-order valence-electron chi connectivity index (χ1n) is 8.56. The van der Waals surface area contributed by atoms with E-state index >= 15 is 0 Å². The van der Waals surface area contributed by atoms with Crippen molar-refractivity contribution in [3.63, 3.8) is 0 Å². The standard InChI is InChI=1S/C17H32N2O/c1-13-7-4-5-9-16(13)19(3)17(20)11-14(2)15-8-6-10-18-12-15/h13-16,18H,4-12H2,1-3H3. The average molecular weight is 280 g/mol. The molecule has 1 saturated carbocycles. The van der Waals surface area contributed by atoms with E-state index in [1.165, 1.54) is 38.5 Å². The SMILES string of the molecule is CC(CC(=O)N(C)C1CCCCC1C)C1CCCNC1. The first-order chi connectivity index (χ1) is 9.59. The Kier molecular flexibility index (Phi) is 5.88. The van der Waals surface area contributed by atoms with E-state index in [2.05, 4.69) is 24.1 Å². The lowest BCUT2D eigenvalue weighted by Gasteiger charge is -2.37. The summed E-state index contributed by atoms with van der Waals surface area (Å²) in [5.74, 6) is 2.23. The summed E-state index contributed by atoms with van der Waals surface area (Å²) in [4.78, 5) is 14.6. The molecule has 1 aliphatic heterocycles. The van der Waals surface area contributed by atoms with Crippen LogP contribution in [0.2, 0.25) is 0 Å². The number of hydrogen-bond donors (Lipinski definition) is 1. The Morgan fingerprint density at radius 1 is 1.25 bits per heavy atom. The normalized spacial score (nSPS) is 32.6. The van der Waals surface area contributed by atoms with Crippen molar-refractivity contribution in [1.29, 1.82) is 0 Å². The first-order valence-corrected chi connectivity index (χ1v) is 8.56. The summed E-state index contributed by atoms with van der Waals surface area (Å²) in [7, 11) is 2.03. The van der Waals surface area contributed by atoms with Crippen LogP contribution in [-0.2, 0) is 4.79 Å². The van der Waals surface area contributed by atoms with Gasteiger partial charge < -0.3 is 10.2 Å². The highest BCUT2D eigenvalue weighted by Crippen LogP contribution is 2.29. The molecule has 20 heavy (non-hydrogen) atoms. The highest BCUT2D eigenvalue weighted by atomic mass is 16.2. The van der Waals surface area contributed by atoms with E-state index in [0.717, 1.165) is 19.5 Å². The van der Waals surface area contributed by atoms with Crippen molar-refractivity contribution < 1.29 is 4.79 Å². The van der Waals surface area contributed by atoms with Crippen LogP contribution in [0.1, 0.15) is 58.8 Å². The van der Waals surface area contributed by atoms with Crippen LogP contribution in [0.25, 0.3) is 0 Å². The van der Waals surface area contributed by atoms with Crippen molar-refractivity contribution in [2.75, 3.05) is 20.1 Å². The summed E-state index contributed by atoms with van der Waals surface area (Å²) in [5, 5.41) is 3.46. The number of carbonyl (C=O) groups is 1. The highest BCUT2D eigenvalue weighted by Gasteiger charge is 2.29. The van der Waals surface area contributed by atoms with Gasteiger partial charge in [-0.15, -0.1) is 0 Å². The van der Waals surface area contributed by atoms with Gasteiger partial charge in [0.25, 0.3) is 0 Å². The maximum Gasteiger partial charge on any atom is 0.222 e. The van der Waals surface area contributed by atoms with Gasteiger partial charge in [-0.2, -0.15) is 0 Å². The number of piperidine rings is 1. The third kappa shape index (κ3) is 3.97. The zero-order valence-electron chi connectivity index (χ0n) is 13.5. The van der Waals surface area contributed by atoms with Crippen LogP contribution in [0.15, 0.2) is 0 Å². The second-order valence-corrected chi connectivity index (χ2v) is 7.12. The van der Waals surface area contributed by atoms with Gasteiger partial charge in [-0.3, -0.25) is 4.79 Å². The Morgan fingerprint density at radius 3 is 2.65 bits per heavy atom. The molecule has 0 radical (unpaired) electrons. The van der Waals surface area contributed by atoms with Gasteiger partial charge in [0.15, 0.2) is 0 Å². The number of nitrogens with one attached hydrogen (secondary N) is 1. The third-order valence-corrected chi connectivity index (χ3v) is 5.59. The lowest BCUT2D eigenvalue weighted by atomic mass is 9.83. The van der Waals surface area contributed by atoms with E-state index in [4.69, 9.17) is 0 Å². The molecule has 1 N–H and O–H groups in total. The molecule has 1 amide bonds. The third-order valence-electron chi connectivity index (χ3n) is 5.59. The maximum absolute atomic E-state index is 12.5. The maximum atomic E-state index is 12.5. The minimum absolute atomic E-state index is 0.363. The molecule has 0 aromatic rings. The molecular weight excluding hydrogens is 248 g/mol. The molecule has 3 heteroatoms. The van der Waals surface area contributed by atoms with Gasteiger partial charge in [0.2, 0.25) is 5.91 Å². The summed E-state index contributed by atoms with van der Waals surface area (Å²) >= 11 is 0. The largest absolute Gasteiger partial charge is 0.343 e. The van der Waals surface area contributed by atoms with Crippen LogP contribution in [0.3, 0.4) is 0 Å². The molecular formula is C17H32N2O. The quantitative estimate of drug-likeness (QED) is 0.858. The Morgan fingerprint density at radius 2 is 2.00 bits per heavy atom. The van der Waals surface area contributed by atoms with Crippen LogP contribution in [0, 0.1) is 17.8 Å². The molecule has 0 aromatic heterocycles. The van der Waals surface area contributed by atoms with Gasteiger partial charge in [0.05, 0.1) is 0 Å². The minimum atomic E-state index is 0.363. The molecule has 116 valence electrons. The van der Waals surface area contributed by atoms with Gasteiger partial charge in [-0.05, 0) is 56.5 Å². The Bertz CT molecular complexity index is 312. The molecule has 2 fully saturated rings. The predicted octanol–water partition coefficient (Wildman–Crippen LogP) is 3.05. The van der Waals surface area contributed by atoms with E-state index in [0.29, 0.717) is 29.7 Å². The fourth-order valence-corrected chi connectivity index (χ4v) is 4.01. The van der Waals surface area contributed by atoms with Crippen LogP contribution >= 0.6 is 0 Å². The number of amides is 1. The van der Waals surface area contributed by atoms with E-state index < -0.39 is 0 Å². The van der Waals surface area contributed by atoms with Crippen LogP contribution in [0.5, 0.6) is 0 Å². The molecule has 4 unspecified atom stereocenters. The molecule has 1 aliphatic carbocycles. The lowest BCUT2D eigenvalue weighted by molar-refractivity contribution is -0.135. The minimum Gasteiger partial charge on any atom is -0.343 e.